The van der Waals surface area contributed by atoms with Crippen LogP contribution in [0.25, 0.3) is 0 Å². The molecule has 2 heteroatoms. The fourth-order valence-corrected chi connectivity index (χ4v) is 1.05. The standard InChI is InChI=1S/C8H8O2/c1-2-4-8-7(3-1)9-5-6-10-8/h1,3,5-6H,2,4H2. The highest BCUT2D eigenvalue weighted by Crippen LogP contribution is 2.23. The van der Waals surface area contributed by atoms with Crippen LogP contribution >= 0.6 is 0 Å². The number of hydrogen-bond acceptors (Lipinski definition) is 2. The summed E-state index contributed by atoms with van der Waals surface area (Å²) in [5.74, 6) is 1.80. The lowest BCUT2D eigenvalue weighted by Gasteiger charge is -2.16. The van der Waals surface area contributed by atoms with Crippen LogP contribution in [0.3, 0.4) is 0 Å². The summed E-state index contributed by atoms with van der Waals surface area (Å²) in [6.45, 7) is 0. The van der Waals surface area contributed by atoms with Gasteiger partial charge in [0.15, 0.2) is 5.76 Å². The molecule has 0 radical (unpaired) electrons. The van der Waals surface area contributed by atoms with Gasteiger partial charge in [0.1, 0.15) is 18.3 Å². The van der Waals surface area contributed by atoms with Gasteiger partial charge in [0.05, 0.1) is 0 Å². The van der Waals surface area contributed by atoms with Gasteiger partial charge in [-0.1, -0.05) is 6.08 Å². The summed E-state index contributed by atoms with van der Waals surface area (Å²) >= 11 is 0. The van der Waals surface area contributed by atoms with Crippen LogP contribution in [-0.4, -0.2) is 0 Å². The maximum absolute atomic E-state index is 5.20. The van der Waals surface area contributed by atoms with Crippen LogP contribution in [0.5, 0.6) is 0 Å². The lowest BCUT2D eigenvalue weighted by atomic mass is 10.1. The Morgan fingerprint density at radius 2 is 2.10 bits per heavy atom. The van der Waals surface area contributed by atoms with Gasteiger partial charge in [0.25, 0.3) is 0 Å². The van der Waals surface area contributed by atoms with Gasteiger partial charge in [0.2, 0.25) is 0 Å². The van der Waals surface area contributed by atoms with Gasteiger partial charge >= 0.3 is 0 Å². The molecule has 10 heavy (non-hydrogen) atoms. The summed E-state index contributed by atoms with van der Waals surface area (Å²) in [6.07, 6.45) is 9.16. The summed E-state index contributed by atoms with van der Waals surface area (Å²) in [5, 5.41) is 0. The van der Waals surface area contributed by atoms with Gasteiger partial charge in [-0.3, -0.25) is 0 Å². The molecule has 0 bridgehead atoms. The molecule has 2 rings (SSSR count). The zero-order chi connectivity index (χ0) is 6.81. The van der Waals surface area contributed by atoms with E-state index in [9.17, 15) is 0 Å². The smallest absolute Gasteiger partial charge is 0.164 e. The van der Waals surface area contributed by atoms with E-state index in [1.165, 1.54) is 0 Å². The molecule has 0 amide bonds. The topological polar surface area (TPSA) is 18.5 Å². The molecule has 2 nitrogen and oxygen atoms in total. The Bertz CT molecular complexity index is 223. The molecule has 0 N–H and O–H groups in total. The highest BCUT2D eigenvalue weighted by atomic mass is 16.5. The van der Waals surface area contributed by atoms with Crippen LogP contribution in [-0.2, 0) is 9.47 Å². The largest absolute Gasteiger partial charge is 0.462 e. The zero-order valence-electron chi connectivity index (χ0n) is 5.54. The van der Waals surface area contributed by atoms with Gasteiger partial charge in [-0.2, -0.15) is 0 Å². The fraction of sp³-hybridized carbons (Fsp3) is 0.250. The van der Waals surface area contributed by atoms with E-state index in [0.717, 1.165) is 24.4 Å². The Hall–Kier alpha value is -1.18. The summed E-state index contributed by atoms with van der Waals surface area (Å²) in [5.41, 5.74) is 0. The SMILES string of the molecule is C1=CC2=C(CC1)OC=CO2. The second-order valence-electron chi connectivity index (χ2n) is 2.24. The maximum Gasteiger partial charge on any atom is 0.164 e. The molecule has 52 valence electrons. The van der Waals surface area contributed by atoms with E-state index in [1.54, 1.807) is 12.5 Å². The van der Waals surface area contributed by atoms with E-state index in [-0.39, 0.29) is 0 Å². The van der Waals surface area contributed by atoms with Crippen molar-refractivity contribution in [2.75, 3.05) is 0 Å². The summed E-state index contributed by atoms with van der Waals surface area (Å²) in [4.78, 5) is 0. The third kappa shape index (κ3) is 0.817. The van der Waals surface area contributed by atoms with E-state index in [0.29, 0.717) is 0 Å². The predicted molar refractivity (Wildman–Crippen MR) is 36.7 cm³/mol. The van der Waals surface area contributed by atoms with E-state index >= 15 is 0 Å². The highest BCUT2D eigenvalue weighted by Gasteiger charge is 2.11. The number of allylic oxidation sites excluding steroid dienone is 3. The Morgan fingerprint density at radius 3 is 3.00 bits per heavy atom. The summed E-state index contributed by atoms with van der Waals surface area (Å²) < 4.78 is 10.4. The first-order valence-corrected chi connectivity index (χ1v) is 3.35. The molecule has 0 unspecified atom stereocenters. The number of ether oxygens (including phenoxy) is 2. The molecule has 0 aromatic heterocycles. The van der Waals surface area contributed by atoms with Crippen molar-refractivity contribution in [2.24, 2.45) is 0 Å². The second kappa shape index (κ2) is 2.21. The Labute approximate surface area is 59.4 Å². The van der Waals surface area contributed by atoms with Crippen LogP contribution in [0.15, 0.2) is 36.2 Å². The minimum atomic E-state index is 0.855. The van der Waals surface area contributed by atoms with Crippen molar-refractivity contribution in [3.63, 3.8) is 0 Å². The van der Waals surface area contributed by atoms with Crippen LogP contribution in [0.1, 0.15) is 12.8 Å². The van der Waals surface area contributed by atoms with Crippen LogP contribution in [0.2, 0.25) is 0 Å². The first kappa shape index (κ1) is 5.59. The molecule has 2 aliphatic rings. The Balaban J connectivity index is 2.25. The Kier molecular flexibility index (Phi) is 1.24. The fourth-order valence-electron chi connectivity index (χ4n) is 1.05. The molecule has 0 aromatic carbocycles. The van der Waals surface area contributed by atoms with Crippen molar-refractivity contribution in [1.82, 2.24) is 0 Å². The lowest BCUT2D eigenvalue weighted by Crippen LogP contribution is -2.01. The molecule has 0 spiro atoms. The number of rotatable bonds is 0. The normalized spacial score (nSPS) is 21.6. The average Bonchev–Trinajstić information content (AvgIpc) is 2.05. The van der Waals surface area contributed by atoms with Crippen LogP contribution in [0, 0.1) is 0 Å². The molecule has 0 atom stereocenters. The van der Waals surface area contributed by atoms with Crippen molar-refractivity contribution in [1.29, 1.82) is 0 Å². The Morgan fingerprint density at radius 1 is 1.20 bits per heavy atom. The van der Waals surface area contributed by atoms with Crippen molar-refractivity contribution >= 4 is 0 Å². The molecular weight excluding hydrogens is 128 g/mol. The van der Waals surface area contributed by atoms with Gasteiger partial charge in [-0.15, -0.1) is 0 Å². The molecule has 1 heterocycles. The molecule has 1 aliphatic carbocycles. The molecule has 0 saturated heterocycles. The van der Waals surface area contributed by atoms with Gasteiger partial charge in [0, 0.05) is 6.42 Å². The molecule has 0 fully saturated rings. The first-order valence-electron chi connectivity index (χ1n) is 3.35. The van der Waals surface area contributed by atoms with Crippen molar-refractivity contribution in [2.45, 2.75) is 12.8 Å². The van der Waals surface area contributed by atoms with Crippen molar-refractivity contribution < 1.29 is 9.47 Å². The highest BCUT2D eigenvalue weighted by molar-refractivity contribution is 5.23. The molecular formula is C8H8O2. The van der Waals surface area contributed by atoms with Crippen LogP contribution in [0.4, 0.5) is 0 Å². The van der Waals surface area contributed by atoms with Gasteiger partial charge in [-0.25, -0.2) is 0 Å². The summed E-state index contributed by atoms with van der Waals surface area (Å²) in [7, 11) is 0. The van der Waals surface area contributed by atoms with Crippen molar-refractivity contribution in [3.8, 4) is 0 Å². The third-order valence-corrected chi connectivity index (χ3v) is 1.54. The number of hydrogen-bond donors (Lipinski definition) is 0. The van der Waals surface area contributed by atoms with Crippen molar-refractivity contribution in [3.05, 3.63) is 36.2 Å². The minimum Gasteiger partial charge on any atom is -0.462 e. The molecule has 1 aliphatic heterocycles. The first-order chi connectivity index (χ1) is 4.97. The van der Waals surface area contributed by atoms with E-state index in [4.69, 9.17) is 9.47 Å². The lowest BCUT2D eigenvalue weighted by molar-refractivity contribution is 0.225. The summed E-state index contributed by atoms with van der Waals surface area (Å²) in [6, 6.07) is 0. The molecule has 0 aromatic rings. The third-order valence-electron chi connectivity index (χ3n) is 1.54. The van der Waals surface area contributed by atoms with Gasteiger partial charge in [-0.05, 0) is 12.5 Å². The predicted octanol–water partition coefficient (Wildman–Crippen LogP) is 2.07. The second-order valence-corrected chi connectivity index (χ2v) is 2.24. The maximum atomic E-state index is 5.20. The van der Waals surface area contributed by atoms with E-state index in [1.807, 2.05) is 6.08 Å². The van der Waals surface area contributed by atoms with Crippen LogP contribution < -0.4 is 0 Å². The monoisotopic (exact) mass is 136 g/mol. The molecule has 0 saturated carbocycles. The van der Waals surface area contributed by atoms with Gasteiger partial charge < -0.3 is 9.47 Å². The zero-order valence-corrected chi connectivity index (χ0v) is 5.54. The minimum absolute atomic E-state index is 0.855. The van der Waals surface area contributed by atoms with E-state index < -0.39 is 0 Å². The quantitative estimate of drug-likeness (QED) is 0.507. The van der Waals surface area contributed by atoms with E-state index in [2.05, 4.69) is 6.08 Å². The average molecular weight is 136 g/mol.